The highest BCUT2D eigenvalue weighted by atomic mass is 79.9. The number of halogens is 2. The molecular formula is C19H16BrClN2OS. The third kappa shape index (κ3) is 4.17. The predicted molar refractivity (Wildman–Crippen MR) is 110 cm³/mol. The fraction of sp³-hybridized carbons (Fsp3) is 0.158. The fourth-order valence-electron chi connectivity index (χ4n) is 2.35. The zero-order valence-corrected chi connectivity index (χ0v) is 17.0. The molecule has 1 heterocycles. The predicted octanol–water partition coefficient (Wildman–Crippen LogP) is 6.03. The van der Waals surface area contributed by atoms with E-state index in [0.717, 1.165) is 15.7 Å². The highest BCUT2D eigenvalue weighted by Crippen LogP contribution is 2.35. The summed E-state index contributed by atoms with van der Waals surface area (Å²) in [5.41, 5.74) is 2.92. The lowest BCUT2D eigenvalue weighted by Crippen LogP contribution is -2.28. The molecule has 0 saturated carbocycles. The quantitative estimate of drug-likeness (QED) is 0.551. The van der Waals surface area contributed by atoms with Crippen LogP contribution in [0.1, 0.15) is 18.1 Å². The summed E-state index contributed by atoms with van der Waals surface area (Å²) in [6, 6.07) is 13.6. The van der Waals surface area contributed by atoms with Gasteiger partial charge in [0.25, 0.3) is 5.91 Å². The first-order valence-corrected chi connectivity index (χ1v) is 9.78. The molecule has 0 aromatic heterocycles. The molecule has 2 aromatic carbocycles. The smallest absolute Gasteiger partial charge is 0.266 e. The first-order chi connectivity index (χ1) is 12.0. The second-order valence-electron chi connectivity index (χ2n) is 5.56. The van der Waals surface area contributed by atoms with E-state index in [9.17, 15) is 4.79 Å². The van der Waals surface area contributed by atoms with Gasteiger partial charge in [-0.2, -0.15) is 0 Å². The Hall–Kier alpha value is -1.56. The summed E-state index contributed by atoms with van der Waals surface area (Å²) in [6.45, 7) is 4.55. The van der Waals surface area contributed by atoms with Crippen LogP contribution in [0.25, 0.3) is 6.08 Å². The van der Waals surface area contributed by atoms with Gasteiger partial charge >= 0.3 is 0 Å². The number of rotatable bonds is 3. The minimum absolute atomic E-state index is 0.0185. The van der Waals surface area contributed by atoms with Crippen LogP contribution in [0.2, 0.25) is 5.02 Å². The van der Waals surface area contributed by atoms with Gasteiger partial charge in [-0.15, -0.1) is 0 Å². The van der Waals surface area contributed by atoms with Crippen LogP contribution in [0.3, 0.4) is 0 Å². The van der Waals surface area contributed by atoms with E-state index >= 15 is 0 Å². The Kier molecular flexibility index (Phi) is 5.67. The normalized spacial score (nSPS) is 17.8. The molecule has 1 aliphatic heterocycles. The van der Waals surface area contributed by atoms with Crippen molar-refractivity contribution in [3.63, 3.8) is 0 Å². The van der Waals surface area contributed by atoms with Gasteiger partial charge in [0.1, 0.15) is 0 Å². The molecule has 1 amide bonds. The number of hydrogen-bond donors (Lipinski definition) is 0. The molecule has 25 heavy (non-hydrogen) atoms. The molecular weight excluding hydrogens is 420 g/mol. The standard InChI is InChI=1S/C19H16BrClN2OS/c1-3-23-18(24)17(10-13-6-4-12(2)5-7-13)25-19(23)22-14-8-9-15(20)16(21)11-14/h4-11H,3H2,1-2H3/b17-10-,22-19?. The maximum atomic E-state index is 12.7. The molecule has 2 aromatic rings. The fourth-order valence-corrected chi connectivity index (χ4v) is 3.83. The molecule has 0 unspecified atom stereocenters. The third-order valence-corrected chi connectivity index (χ3v) is 5.95. The Bertz CT molecular complexity index is 877. The number of carbonyl (C=O) groups is 1. The minimum atomic E-state index is -0.0185. The van der Waals surface area contributed by atoms with E-state index in [0.29, 0.717) is 21.6 Å². The number of nitrogens with zero attached hydrogens (tertiary/aromatic N) is 2. The number of benzene rings is 2. The number of likely N-dealkylation sites (N-methyl/N-ethyl adjacent to an activating group) is 1. The molecule has 0 bridgehead atoms. The van der Waals surface area contributed by atoms with Gasteiger partial charge in [0, 0.05) is 11.0 Å². The van der Waals surface area contributed by atoms with E-state index in [4.69, 9.17) is 11.6 Å². The first kappa shape index (κ1) is 18.2. The molecule has 128 valence electrons. The van der Waals surface area contributed by atoms with Gasteiger partial charge in [-0.25, -0.2) is 4.99 Å². The molecule has 1 fully saturated rings. The highest BCUT2D eigenvalue weighted by Gasteiger charge is 2.32. The van der Waals surface area contributed by atoms with Gasteiger partial charge in [0.15, 0.2) is 5.17 Å². The van der Waals surface area contributed by atoms with Gasteiger partial charge in [0.2, 0.25) is 0 Å². The van der Waals surface area contributed by atoms with Crippen molar-refractivity contribution in [2.45, 2.75) is 13.8 Å². The molecule has 0 radical (unpaired) electrons. The van der Waals surface area contributed by atoms with Crippen molar-refractivity contribution in [2.75, 3.05) is 6.54 Å². The molecule has 0 N–H and O–H groups in total. The Morgan fingerprint density at radius 2 is 1.96 bits per heavy atom. The van der Waals surface area contributed by atoms with Gasteiger partial charge in [0.05, 0.1) is 15.6 Å². The number of aryl methyl sites for hydroxylation is 1. The van der Waals surface area contributed by atoms with Gasteiger partial charge in [-0.1, -0.05) is 41.4 Å². The van der Waals surface area contributed by atoms with E-state index < -0.39 is 0 Å². The average molecular weight is 436 g/mol. The molecule has 3 rings (SSSR count). The van der Waals surface area contributed by atoms with Crippen LogP contribution in [-0.2, 0) is 4.79 Å². The van der Waals surface area contributed by atoms with Crippen molar-refractivity contribution in [2.24, 2.45) is 4.99 Å². The third-order valence-electron chi connectivity index (χ3n) is 3.71. The summed E-state index contributed by atoms with van der Waals surface area (Å²) in [4.78, 5) is 19.6. The van der Waals surface area contributed by atoms with Crippen molar-refractivity contribution < 1.29 is 4.79 Å². The molecule has 3 nitrogen and oxygen atoms in total. The Morgan fingerprint density at radius 1 is 1.24 bits per heavy atom. The van der Waals surface area contributed by atoms with Crippen LogP contribution in [0.4, 0.5) is 5.69 Å². The number of amides is 1. The number of amidine groups is 1. The minimum Gasteiger partial charge on any atom is -0.287 e. The summed E-state index contributed by atoms with van der Waals surface area (Å²) in [7, 11) is 0. The Balaban J connectivity index is 1.93. The number of thioether (sulfide) groups is 1. The number of carbonyl (C=O) groups excluding carboxylic acids is 1. The maximum Gasteiger partial charge on any atom is 0.266 e. The maximum absolute atomic E-state index is 12.7. The summed E-state index contributed by atoms with van der Waals surface area (Å²) in [6.07, 6.45) is 1.91. The topological polar surface area (TPSA) is 32.7 Å². The van der Waals surface area contributed by atoms with Crippen LogP contribution in [-0.4, -0.2) is 22.5 Å². The van der Waals surface area contributed by atoms with Crippen molar-refractivity contribution in [3.05, 3.63) is 68.0 Å². The van der Waals surface area contributed by atoms with Gasteiger partial charge in [-0.05, 0) is 71.4 Å². The zero-order chi connectivity index (χ0) is 18.0. The second kappa shape index (κ2) is 7.77. The Labute approximate surface area is 164 Å². The lowest BCUT2D eigenvalue weighted by Gasteiger charge is -2.12. The molecule has 0 aliphatic carbocycles. The van der Waals surface area contributed by atoms with Crippen LogP contribution in [0.5, 0.6) is 0 Å². The van der Waals surface area contributed by atoms with E-state index in [1.165, 1.54) is 17.3 Å². The molecule has 1 aliphatic rings. The summed E-state index contributed by atoms with van der Waals surface area (Å²) >= 11 is 10.9. The Morgan fingerprint density at radius 3 is 2.60 bits per heavy atom. The number of hydrogen-bond acceptors (Lipinski definition) is 3. The van der Waals surface area contributed by atoms with Gasteiger partial charge in [-0.3, -0.25) is 9.69 Å². The molecule has 1 saturated heterocycles. The molecule has 6 heteroatoms. The van der Waals surface area contributed by atoms with Crippen LogP contribution in [0, 0.1) is 6.92 Å². The molecule has 0 atom stereocenters. The lowest BCUT2D eigenvalue weighted by atomic mass is 10.1. The van der Waals surface area contributed by atoms with Crippen LogP contribution in [0.15, 0.2) is 56.8 Å². The SMILES string of the molecule is CCN1C(=O)/C(=C/c2ccc(C)cc2)SC1=Nc1ccc(Br)c(Cl)c1. The lowest BCUT2D eigenvalue weighted by molar-refractivity contribution is -0.122. The van der Waals surface area contributed by atoms with E-state index in [2.05, 4.69) is 20.9 Å². The molecule has 0 spiro atoms. The summed E-state index contributed by atoms with van der Waals surface area (Å²) in [5, 5.41) is 1.26. The number of aliphatic imine (C=N–C) groups is 1. The van der Waals surface area contributed by atoms with E-state index in [-0.39, 0.29) is 5.91 Å². The zero-order valence-electron chi connectivity index (χ0n) is 13.8. The van der Waals surface area contributed by atoms with Crippen molar-refractivity contribution in [1.29, 1.82) is 0 Å². The van der Waals surface area contributed by atoms with Crippen molar-refractivity contribution in [3.8, 4) is 0 Å². The highest BCUT2D eigenvalue weighted by molar-refractivity contribution is 9.10. The van der Waals surface area contributed by atoms with Crippen LogP contribution >= 0.6 is 39.3 Å². The summed E-state index contributed by atoms with van der Waals surface area (Å²) < 4.78 is 0.820. The van der Waals surface area contributed by atoms with Crippen LogP contribution < -0.4 is 0 Å². The largest absolute Gasteiger partial charge is 0.287 e. The monoisotopic (exact) mass is 434 g/mol. The van der Waals surface area contributed by atoms with Crippen molar-refractivity contribution >= 4 is 62.1 Å². The van der Waals surface area contributed by atoms with E-state index in [1.807, 2.05) is 56.3 Å². The van der Waals surface area contributed by atoms with E-state index in [1.54, 1.807) is 11.0 Å². The first-order valence-electron chi connectivity index (χ1n) is 7.79. The average Bonchev–Trinajstić information content (AvgIpc) is 2.88. The summed E-state index contributed by atoms with van der Waals surface area (Å²) in [5.74, 6) is -0.0185. The van der Waals surface area contributed by atoms with Crippen molar-refractivity contribution in [1.82, 2.24) is 4.90 Å². The van der Waals surface area contributed by atoms with Gasteiger partial charge < -0.3 is 0 Å². The second-order valence-corrected chi connectivity index (χ2v) is 7.83.